The summed E-state index contributed by atoms with van der Waals surface area (Å²) in [6, 6.07) is -0.202. The molecule has 1 fully saturated rings. The zero-order valence-corrected chi connectivity index (χ0v) is 11.7. The molecule has 1 atom stereocenters. The first-order valence-electron chi connectivity index (χ1n) is 6.63. The summed E-state index contributed by atoms with van der Waals surface area (Å²) in [5, 5.41) is 11.5. The van der Waals surface area contributed by atoms with E-state index in [1.165, 1.54) is 0 Å². The maximum Gasteiger partial charge on any atom is 0.317 e. The van der Waals surface area contributed by atoms with Crippen molar-refractivity contribution in [2.24, 2.45) is 5.92 Å². The molecule has 1 unspecified atom stereocenters. The number of carboxylic acids is 1. The number of urea groups is 1. The van der Waals surface area contributed by atoms with Crippen molar-refractivity contribution in [1.29, 1.82) is 0 Å². The van der Waals surface area contributed by atoms with Gasteiger partial charge in [0.05, 0.1) is 12.2 Å². The second-order valence-corrected chi connectivity index (χ2v) is 5.11. The number of oxazole rings is 1. The molecule has 2 rings (SSSR count). The van der Waals surface area contributed by atoms with Gasteiger partial charge >= 0.3 is 12.0 Å². The van der Waals surface area contributed by atoms with Gasteiger partial charge in [0, 0.05) is 19.5 Å². The van der Waals surface area contributed by atoms with Gasteiger partial charge in [0.1, 0.15) is 5.76 Å². The van der Waals surface area contributed by atoms with Crippen molar-refractivity contribution in [1.82, 2.24) is 15.2 Å². The van der Waals surface area contributed by atoms with Crippen LogP contribution in [0.2, 0.25) is 0 Å². The van der Waals surface area contributed by atoms with Gasteiger partial charge in [-0.3, -0.25) is 4.79 Å². The Kier molecular flexibility index (Phi) is 4.26. The molecule has 2 heterocycles. The Morgan fingerprint density at radius 2 is 2.25 bits per heavy atom. The lowest BCUT2D eigenvalue weighted by molar-refractivity contribution is -0.138. The maximum atomic E-state index is 11.9. The third-order valence-electron chi connectivity index (χ3n) is 3.50. The van der Waals surface area contributed by atoms with Gasteiger partial charge in [-0.05, 0) is 26.2 Å². The molecule has 0 spiro atoms. The average Bonchev–Trinajstić information content (AvgIpc) is 2.94. The molecule has 0 radical (unpaired) electrons. The normalized spacial score (nSPS) is 18.3. The number of nitrogens with one attached hydrogen (secondary N) is 1. The lowest BCUT2D eigenvalue weighted by atomic mass is 10.1. The quantitative estimate of drug-likeness (QED) is 0.867. The van der Waals surface area contributed by atoms with Crippen molar-refractivity contribution in [3.8, 4) is 0 Å². The number of carboxylic acid groups (broad SMARTS) is 1. The van der Waals surface area contributed by atoms with Crippen LogP contribution in [0.15, 0.2) is 4.42 Å². The van der Waals surface area contributed by atoms with E-state index in [1.807, 2.05) is 13.8 Å². The lowest BCUT2D eigenvalue weighted by Crippen LogP contribution is -2.38. The summed E-state index contributed by atoms with van der Waals surface area (Å²) in [6.07, 6.45) is 0.846. The Morgan fingerprint density at radius 1 is 1.50 bits per heavy atom. The molecule has 1 aromatic heterocycles. The first-order chi connectivity index (χ1) is 9.45. The van der Waals surface area contributed by atoms with E-state index in [4.69, 9.17) is 9.52 Å². The number of aliphatic carboxylic acids is 1. The van der Waals surface area contributed by atoms with Gasteiger partial charge in [-0.2, -0.15) is 0 Å². The van der Waals surface area contributed by atoms with Gasteiger partial charge in [-0.25, -0.2) is 9.78 Å². The first-order valence-corrected chi connectivity index (χ1v) is 6.63. The minimum absolute atomic E-state index is 0.0458. The van der Waals surface area contributed by atoms with Crippen LogP contribution in [0.3, 0.4) is 0 Å². The van der Waals surface area contributed by atoms with Crippen molar-refractivity contribution in [3.05, 3.63) is 17.3 Å². The third-order valence-corrected chi connectivity index (χ3v) is 3.50. The molecule has 7 heteroatoms. The number of hydrogen-bond acceptors (Lipinski definition) is 4. The highest BCUT2D eigenvalue weighted by Gasteiger charge is 2.27. The fourth-order valence-electron chi connectivity index (χ4n) is 2.31. The predicted octanol–water partition coefficient (Wildman–Crippen LogP) is 1.30. The molecule has 0 saturated carbocycles. The van der Waals surface area contributed by atoms with Gasteiger partial charge in [-0.1, -0.05) is 0 Å². The van der Waals surface area contributed by atoms with E-state index in [1.54, 1.807) is 4.90 Å². The van der Waals surface area contributed by atoms with Crippen LogP contribution in [0.5, 0.6) is 0 Å². The van der Waals surface area contributed by atoms with E-state index in [0.29, 0.717) is 19.0 Å². The standard InChI is InChI=1S/C13H19N3O4/c1-8-9(2)20-11(15-8)6-14-13(19)16-4-3-10(7-16)5-12(17)18/h10H,3-7H2,1-2H3,(H,14,19)(H,17,18). The lowest BCUT2D eigenvalue weighted by Gasteiger charge is -2.16. The number of carbonyl (C=O) groups is 2. The highest BCUT2D eigenvalue weighted by molar-refractivity contribution is 5.74. The molecule has 1 aliphatic rings. The van der Waals surface area contributed by atoms with Crippen LogP contribution in [0.25, 0.3) is 0 Å². The minimum atomic E-state index is -0.817. The van der Waals surface area contributed by atoms with Crippen LogP contribution in [-0.2, 0) is 11.3 Å². The summed E-state index contributed by atoms with van der Waals surface area (Å²) in [6.45, 7) is 4.99. The van der Waals surface area contributed by atoms with E-state index < -0.39 is 5.97 Å². The fraction of sp³-hybridized carbons (Fsp3) is 0.615. The van der Waals surface area contributed by atoms with Gasteiger partial charge in [-0.15, -0.1) is 0 Å². The first kappa shape index (κ1) is 14.4. The number of amides is 2. The second kappa shape index (κ2) is 5.94. The summed E-state index contributed by atoms with van der Waals surface area (Å²) in [7, 11) is 0. The van der Waals surface area contributed by atoms with Gasteiger partial charge in [0.25, 0.3) is 0 Å². The van der Waals surface area contributed by atoms with Crippen molar-refractivity contribution in [2.45, 2.75) is 33.2 Å². The largest absolute Gasteiger partial charge is 0.481 e. The summed E-state index contributed by atoms with van der Waals surface area (Å²) >= 11 is 0. The van der Waals surface area contributed by atoms with E-state index in [2.05, 4.69) is 10.3 Å². The smallest absolute Gasteiger partial charge is 0.317 e. The summed E-state index contributed by atoms with van der Waals surface area (Å²) in [5.41, 5.74) is 0.817. The molecular formula is C13H19N3O4. The molecule has 1 aliphatic heterocycles. The Bertz CT molecular complexity index is 492. The number of aromatic nitrogens is 1. The number of carbonyl (C=O) groups excluding carboxylic acids is 1. The molecule has 1 aromatic rings. The highest BCUT2D eigenvalue weighted by atomic mass is 16.4. The maximum absolute atomic E-state index is 11.9. The molecule has 2 N–H and O–H groups in total. The van der Waals surface area contributed by atoms with E-state index in [-0.39, 0.29) is 24.9 Å². The second-order valence-electron chi connectivity index (χ2n) is 5.11. The number of hydrogen-bond donors (Lipinski definition) is 2. The molecule has 0 bridgehead atoms. The molecule has 7 nitrogen and oxygen atoms in total. The van der Waals surface area contributed by atoms with Crippen LogP contribution >= 0.6 is 0 Å². The molecule has 0 aromatic carbocycles. The van der Waals surface area contributed by atoms with Crippen LogP contribution in [0.4, 0.5) is 4.79 Å². The topological polar surface area (TPSA) is 95.7 Å². The molecular weight excluding hydrogens is 262 g/mol. The van der Waals surface area contributed by atoms with Crippen molar-refractivity contribution in [2.75, 3.05) is 13.1 Å². The summed E-state index contributed by atoms with van der Waals surface area (Å²) < 4.78 is 5.38. The van der Waals surface area contributed by atoms with E-state index in [0.717, 1.165) is 17.9 Å². The van der Waals surface area contributed by atoms with Crippen LogP contribution in [0.1, 0.15) is 30.2 Å². The van der Waals surface area contributed by atoms with Gasteiger partial charge in [0.2, 0.25) is 5.89 Å². The van der Waals surface area contributed by atoms with Crippen LogP contribution < -0.4 is 5.32 Å². The van der Waals surface area contributed by atoms with E-state index in [9.17, 15) is 9.59 Å². The van der Waals surface area contributed by atoms with Crippen molar-refractivity contribution >= 4 is 12.0 Å². The number of rotatable bonds is 4. The number of nitrogens with zero attached hydrogens (tertiary/aromatic N) is 2. The SMILES string of the molecule is Cc1nc(CNC(=O)N2CCC(CC(=O)O)C2)oc1C. The van der Waals surface area contributed by atoms with Gasteiger partial charge < -0.3 is 19.7 Å². The number of likely N-dealkylation sites (tertiary alicyclic amines) is 1. The Balaban J connectivity index is 1.79. The predicted molar refractivity (Wildman–Crippen MR) is 70.1 cm³/mol. The van der Waals surface area contributed by atoms with E-state index >= 15 is 0 Å². The Labute approximate surface area is 117 Å². The summed E-state index contributed by atoms with van der Waals surface area (Å²) in [5.74, 6) is 0.457. The molecule has 2 amide bonds. The van der Waals surface area contributed by atoms with Crippen molar-refractivity contribution in [3.63, 3.8) is 0 Å². The minimum Gasteiger partial charge on any atom is -0.481 e. The fourth-order valence-corrected chi connectivity index (χ4v) is 2.31. The summed E-state index contributed by atoms with van der Waals surface area (Å²) in [4.78, 5) is 28.4. The zero-order valence-electron chi connectivity index (χ0n) is 11.7. The van der Waals surface area contributed by atoms with Gasteiger partial charge in [0.15, 0.2) is 0 Å². The highest BCUT2D eigenvalue weighted by Crippen LogP contribution is 2.19. The number of aryl methyl sites for hydroxylation is 2. The third kappa shape index (κ3) is 3.49. The Morgan fingerprint density at radius 3 is 2.85 bits per heavy atom. The molecule has 20 heavy (non-hydrogen) atoms. The van der Waals surface area contributed by atoms with Crippen molar-refractivity contribution < 1.29 is 19.1 Å². The van der Waals surface area contributed by atoms with Crippen LogP contribution in [0, 0.1) is 19.8 Å². The average molecular weight is 281 g/mol. The van der Waals surface area contributed by atoms with Crippen LogP contribution in [-0.4, -0.2) is 40.1 Å². The molecule has 0 aliphatic carbocycles. The molecule has 1 saturated heterocycles. The molecule has 110 valence electrons. The zero-order chi connectivity index (χ0) is 14.7. The Hall–Kier alpha value is -2.05. The monoisotopic (exact) mass is 281 g/mol.